The van der Waals surface area contributed by atoms with E-state index in [1.54, 1.807) is 31.4 Å². The molecule has 0 radical (unpaired) electrons. The van der Waals surface area contributed by atoms with E-state index in [1.165, 1.54) is 18.3 Å². The predicted octanol–water partition coefficient (Wildman–Crippen LogP) is 2.92. The molecule has 0 bridgehead atoms. The smallest absolute Gasteiger partial charge is 0.270 e. The van der Waals surface area contributed by atoms with Gasteiger partial charge in [-0.05, 0) is 36.5 Å². The van der Waals surface area contributed by atoms with Crippen LogP contribution in [0.25, 0.3) is 0 Å². The summed E-state index contributed by atoms with van der Waals surface area (Å²) in [7, 11) is 1.59. The van der Waals surface area contributed by atoms with E-state index < -0.39 is 4.92 Å². The second kappa shape index (κ2) is 7.85. The lowest BCUT2D eigenvalue weighted by Gasteiger charge is -2.07. The third kappa shape index (κ3) is 5.04. The lowest BCUT2D eigenvalue weighted by molar-refractivity contribution is -0.384. The second-order valence-corrected chi connectivity index (χ2v) is 4.81. The Labute approximate surface area is 138 Å². The maximum atomic E-state index is 10.7. The molecule has 0 aromatic heterocycles. The summed E-state index contributed by atoms with van der Waals surface area (Å²) in [6.07, 6.45) is 1.45. The Morgan fingerprint density at radius 3 is 2.70 bits per heavy atom. The molecule has 0 atom stereocenters. The van der Waals surface area contributed by atoms with Gasteiger partial charge in [-0.2, -0.15) is 5.10 Å². The van der Waals surface area contributed by atoms with E-state index in [9.17, 15) is 10.1 Å². The molecule has 0 fully saturated rings. The number of nitro benzene ring substituents is 1. The van der Waals surface area contributed by atoms with E-state index in [0.29, 0.717) is 10.7 Å². The molecule has 8 heteroatoms. The number of anilines is 1. The van der Waals surface area contributed by atoms with E-state index >= 15 is 0 Å². The van der Waals surface area contributed by atoms with Crippen molar-refractivity contribution in [3.63, 3.8) is 0 Å². The first-order valence-corrected chi connectivity index (χ1v) is 6.98. The minimum Gasteiger partial charge on any atom is -0.497 e. The predicted molar refractivity (Wildman–Crippen MR) is 93.0 cm³/mol. The molecule has 0 amide bonds. The average molecular weight is 330 g/mol. The van der Waals surface area contributed by atoms with Crippen LogP contribution in [-0.4, -0.2) is 23.4 Å². The number of methoxy groups -OCH3 is 1. The Kier molecular flexibility index (Phi) is 5.59. The number of hydrogen-bond acceptors (Lipinski definition) is 5. The lowest BCUT2D eigenvalue weighted by Crippen LogP contribution is -2.23. The van der Waals surface area contributed by atoms with Crippen molar-refractivity contribution in [2.75, 3.05) is 12.4 Å². The summed E-state index contributed by atoms with van der Waals surface area (Å²) in [5.41, 5.74) is 4.04. The number of nitrogens with zero attached hydrogens (tertiary/aromatic N) is 2. The molecule has 0 saturated heterocycles. The first kappa shape index (κ1) is 16.4. The van der Waals surface area contributed by atoms with Crippen molar-refractivity contribution in [1.82, 2.24) is 5.43 Å². The molecule has 0 unspecified atom stereocenters. The monoisotopic (exact) mass is 330 g/mol. The number of benzene rings is 2. The molecule has 2 N–H and O–H groups in total. The maximum absolute atomic E-state index is 10.7. The van der Waals surface area contributed by atoms with Gasteiger partial charge in [-0.1, -0.05) is 12.1 Å². The summed E-state index contributed by atoms with van der Waals surface area (Å²) >= 11 is 5.10. The highest BCUT2D eigenvalue weighted by Crippen LogP contribution is 2.14. The van der Waals surface area contributed by atoms with E-state index in [2.05, 4.69) is 15.8 Å². The van der Waals surface area contributed by atoms with Crippen molar-refractivity contribution in [2.45, 2.75) is 0 Å². The Balaban J connectivity index is 1.90. The summed E-state index contributed by atoms with van der Waals surface area (Å²) in [5.74, 6) is 0.748. The second-order valence-electron chi connectivity index (χ2n) is 4.40. The average Bonchev–Trinajstić information content (AvgIpc) is 2.56. The minimum absolute atomic E-state index is 0.00730. The third-order valence-corrected chi connectivity index (χ3v) is 3.00. The quantitative estimate of drug-likeness (QED) is 0.379. The number of non-ortho nitro benzene ring substituents is 1. The molecular weight excluding hydrogens is 316 g/mol. The normalized spacial score (nSPS) is 10.3. The summed E-state index contributed by atoms with van der Waals surface area (Å²) in [6.45, 7) is 0. The summed E-state index contributed by atoms with van der Waals surface area (Å²) in [5, 5.41) is 17.9. The lowest BCUT2D eigenvalue weighted by atomic mass is 10.2. The van der Waals surface area contributed by atoms with Crippen molar-refractivity contribution in [3.8, 4) is 5.75 Å². The van der Waals surface area contributed by atoms with E-state index in [1.807, 2.05) is 12.1 Å². The van der Waals surface area contributed by atoms with Gasteiger partial charge in [0, 0.05) is 23.4 Å². The molecule has 2 aromatic carbocycles. The Morgan fingerprint density at radius 1 is 1.30 bits per heavy atom. The molecule has 0 aliphatic rings. The van der Waals surface area contributed by atoms with Crippen LogP contribution in [-0.2, 0) is 0 Å². The molecule has 0 spiro atoms. The van der Waals surface area contributed by atoms with Gasteiger partial charge in [0.15, 0.2) is 5.11 Å². The number of thiocarbonyl (C=S) groups is 1. The molecule has 0 saturated carbocycles. The highest BCUT2D eigenvalue weighted by molar-refractivity contribution is 7.80. The van der Waals surface area contributed by atoms with Crippen molar-refractivity contribution in [3.05, 3.63) is 64.2 Å². The van der Waals surface area contributed by atoms with Crippen molar-refractivity contribution >= 4 is 34.9 Å². The topological polar surface area (TPSA) is 88.8 Å². The van der Waals surface area contributed by atoms with Crippen LogP contribution < -0.4 is 15.5 Å². The van der Waals surface area contributed by atoms with Crippen LogP contribution in [0.1, 0.15) is 5.56 Å². The van der Waals surface area contributed by atoms with Gasteiger partial charge in [0.1, 0.15) is 5.75 Å². The molecule has 23 heavy (non-hydrogen) atoms. The fourth-order valence-electron chi connectivity index (χ4n) is 1.72. The standard InChI is InChI=1S/C15H14N4O3S/c1-22-14-7-5-12(6-8-14)17-15(23)18-16-10-11-3-2-4-13(9-11)19(20)21/h2-10H,1H3,(H2,17,18,23)/b16-10-. The summed E-state index contributed by atoms with van der Waals surface area (Å²) in [4.78, 5) is 10.2. The number of rotatable bonds is 5. The van der Waals surface area contributed by atoms with Crippen molar-refractivity contribution in [1.29, 1.82) is 0 Å². The van der Waals surface area contributed by atoms with Crippen LogP contribution >= 0.6 is 12.2 Å². The van der Waals surface area contributed by atoms with Crippen LogP contribution in [0.2, 0.25) is 0 Å². The molecule has 0 aliphatic carbocycles. The summed E-state index contributed by atoms with van der Waals surface area (Å²) < 4.78 is 5.07. The van der Waals surface area contributed by atoms with Crippen LogP contribution in [0, 0.1) is 10.1 Å². The number of nitro groups is 1. The van der Waals surface area contributed by atoms with E-state index in [0.717, 1.165) is 11.4 Å². The maximum Gasteiger partial charge on any atom is 0.270 e. The fourth-order valence-corrected chi connectivity index (χ4v) is 1.89. The van der Waals surface area contributed by atoms with Crippen LogP contribution in [0.3, 0.4) is 0 Å². The Hall–Kier alpha value is -3.00. The highest BCUT2D eigenvalue weighted by atomic mass is 32.1. The van der Waals surface area contributed by atoms with E-state index in [4.69, 9.17) is 17.0 Å². The highest BCUT2D eigenvalue weighted by Gasteiger charge is 2.04. The van der Waals surface area contributed by atoms with Crippen LogP contribution in [0.15, 0.2) is 53.6 Å². The molecule has 2 aromatic rings. The molecule has 7 nitrogen and oxygen atoms in total. The molecule has 118 valence electrons. The van der Waals surface area contributed by atoms with Gasteiger partial charge < -0.3 is 10.1 Å². The van der Waals surface area contributed by atoms with Crippen molar-refractivity contribution in [2.24, 2.45) is 5.10 Å². The molecule has 0 aliphatic heterocycles. The van der Waals surface area contributed by atoms with Crippen LogP contribution in [0.5, 0.6) is 5.75 Å². The van der Waals surface area contributed by atoms with Gasteiger partial charge in [-0.3, -0.25) is 15.5 Å². The van der Waals surface area contributed by atoms with Gasteiger partial charge in [0.25, 0.3) is 5.69 Å². The summed E-state index contributed by atoms with van der Waals surface area (Å²) in [6, 6.07) is 13.4. The minimum atomic E-state index is -0.458. The largest absolute Gasteiger partial charge is 0.497 e. The molecule has 2 rings (SSSR count). The zero-order valence-electron chi connectivity index (χ0n) is 12.2. The fraction of sp³-hybridized carbons (Fsp3) is 0.0667. The zero-order valence-corrected chi connectivity index (χ0v) is 13.0. The zero-order chi connectivity index (χ0) is 16.7. The Bertz CT molecular complexity index is 732. The first-order valence-electron chi connectivity index (χ1n) is 6.57. The number of hydrogen-bond donors (Lipinski definition) is 2. The van der Waals surface area contributed by atoms with Crippen LogP contribution in [0.4, 0.5) is 11.4 Å². The van der Waals surface area contributed by atoms with E-state index in [-0.39, 0.29) is 5.69 Å². The molecular formula is C15H14N4O3S. The van der Waals surface area contributed by atoms with Gasteiger partial charge in [-0.25, -0.2) is 0 Å². The van der Waals surface area contributed by atoms with Gasteiger partial charge >= 0.3 is 0 Å². The van der Waals surface area contributed by atoms with Gasteiger partial charge in [0.05, 0.1) is 18.2 Å². The number of hydrazone groups is 1. The van der Waals surface area contributed by atoms with Gasteiger partial charge in [-0.15, -0.1) is 0 Å². The SMILES string of the molecule is COc1ccc(NC(=S)N/N=C\c2cccc([N+](=O)[O-])c2)cc1. The van der Waals surface area contributed by atoms with Gasteiger partial charge in [0.2, 0.25) is 0 Å². The van der Waals surface area contributed by atoms with Crippen molar-refractivity contribution < 1.29 is 9.66 Å². The number of nitrogens with one attached hydrogen (secondary N) is 2. The first-order chi connectivity index (χ1) is 11.1. The molecule has 0 heterocycles. The Morgan fingerprint density at radius 2 is 2.04 bits per heavy atom. The third-order valence-electron chi connectivity index (χ3n) is 2.81. The number of ether oxygens (including phenoxy) is 1.